The van der Waals surface area contributed by atoms with Gasteiger partial charge in [-0.2, -0.15) is 4.98 Å². The maximum Gasteiger partial charge on any atom is 0.410 e. The molecule has 0 saturated carbocycles. The Kier molecular flexibility index (Phi) is 7.15. The van der Waals surface area contributed by atoms with Gasteiger partial charge in [0.15, 0.2) is 0 Å². The van der Waals surface area contributed by atoms with Gasteiger partial charge >= 0.3 is 6.09 Å². The molecule has 0 saturated heterocycles. The number of anilines is 1. The summed E-state index contributed by atoms with van der Waals surface area (Å²) < 4.78 is 7.39. The number of hydrogen-bond acceptors (Lipinski definition) is 6. The van der Waals surface area contributed by atoms with E-state index in [1.165, 1.54) is 4.90 Å². The van der Waals surface area contributed by atoms with Crippen molar-refractivity contribution in [2.45, 2.75) is 46.4 Å². The largest absolute Gasteiger partial charge is 0.444 e. The van der Waals surface area contributed by atoms with Crippen molar-refractivity contribution >= 4 is 28.7 Å². The van der Waals surface area contributed by atoms with Crippen LogP contribution in [0.25, 0.3) is 16.9 Å². The molecule has 0 bridgehead atoms. The molecule has 2 heterocycles. The molecule has 0 spiro atoms. The fraction of sp³-hybridized carbons (Fsp3) is 0.286. The van der Waals surface area contributed by atoms with Crippen LogP contribution >= 0.6 is 0 Å². The van der Waals surface area contributed by atoms with E-state index < -0.39 is 17.6 Å². The first-order chi connectivity index (χ1) is 17.5. The molecule has 4 rings (SSSR count). The van der Waals surface area contributed by atoms with Crippen molar-refractivity contribution in [2.24, 2.45) is 5.73 Å². The second-order valence-electron chi connectivity index (χ2n) is 9.94. The molecule has 0 radical (unpaired) electrons. The van der Waals surface area contributed by atoms with E-state index >= 15 is 0 Å². The van der Waals surface area contributed by atoms with Gasteiger partial charge < -0.3 is 20.7 Å². The molecule has 0 unspecified atom stereocenters. The molecule has 9 nitrogen and oxygen atoms in total. The van der Waals surface area contributed by atoms with Gasteiger partial charge in [-0.1, -0.05) is 36.4 Å². The Morgan fingerprint density at radius 1 is 1.11 bits per heavy atom. The van der Waals surface area contributed by atoms with Crippen LogP contribution in [0, 0.1) is 6.92 Å². The summed E-state index contributed by atoms with van der Waals surface area (Å²) in [5, 5.41) is 4.14. The Bertz CT molecular complexity index is 1440. The summed E-state index contributed by atoms with van der Waals surface area (Å²) >= 11 is 0. The molecule has 0 aliphatic heterocycles. The number of carbonyl (C=O) groups is 2. The quantitative estimate of drug-likeness (QED) is 0.376. The Hall–Kier alpha value is -4.40. The third kappa shape index (κ3) is 5.88. The highest BCUT2D eigenvalue weighted by Crippen LogP contribution is 2.27. The van der Waals surface area contributed by atoms with Gasteiger partial charge in [-0.3, -0.25) is 9.36 Å². The summed E-state index contributed by atoms with van der Waals surface area (Å²) in [5.41, 5.74) is 8.89. The molecule has 0 fully saturated rings. The molecule has 0 aliphatic carbocycles. The lowest BCUT2D eigenvalue weighted by Gasteiger charge is -2.25. The first kappa shape index (κ1) is 25.7. The van der Waals surface area contributed by atoms with Crippen LogP contribution in [0.15, 0.2) is 60.8 Å². The number of aryl methyl sites for hydroxylation is 1. The predicted octanol–water partition coefficient (Wildman–Crippen LogP) is 4.81. The van der Waals surface area contributed by atoms with Crippen LogP contribution < -0.4 is 11.1 Å². The second-order valence-corrected chi connectivity index (χ2v) is 9.94. The van der Waals surface area contributed by atoms with Crippen LogP contribution in [-0.4, -0.2) is 44.1 Å². The zero-order chi connectivity index (χ0) is 26.7. The summed E-state index contributed by atoms with van der Waals surface area (Å²) in [6.45, 7) is 8.21. The van der Waals surface area contributed by atoms with Gasteiger partial charge in [0.25, 0.3) is 0 Å². The van der Waals surface area contributed by atoms with Gasteiger partial charge in [0.05, 0.1) is 12.1 Å². The number of carbonyl (C=O) groups excluding carboxylic acids is 2. The van der Waals surface area contributed by atoms with E-state index in [0.29, 0.717) is 23.9 Å². The number of amides is 2. The number of nitrogens with one attached hydrogen (secondary N) is 1. The van der Waals surface area contributed by atoms with E-state index in [0.717, 1.165) is 27.7 Å². The minimum Gasteiger partial charge on any atom is -0.444 e. The Labute approximate surface area is 216 Å². The second kappa shape index (κ2) is 10.3. The molecule has 0 atom stereocenters. The highest BCUT2D eigenvalue weighted by Gasteiger charge is 2.22. The van der Waals surface area contributed by atoms with E-state index in [1.54, 1.807) is 25.4 Å². The van der Waals surface area contributed by atoms with Gasteiger partial charge in [-0.25, -0.2) is 9.78 Å². The number of benzene rings is 2. The van der Waals surface area contributed by atoms with Crippen LogP contribution in [0.5, 0.6) is 0 Å². The first-order valence-corrected chi connectivity index (χ1v) is 12.0. The minimum absolute atomic E-state index is 0.254. The maximum absolute atomic E-state index is 12.6. The Morgan fingerprint density at radius 2 is 1.84 bits per heavy atom. The molecule has 2 amide bonds. The lowest BCUT2D eigenvalue weighted by atomic mass is 10.1. The van der Waals surface area contributed by atoms with Crippen LogP contribution in [0.1, 0.15) is 48.0 Å². The molecule has 0 aliphatic rings. The summed E-state index contributed by atoms with van der Waals surface area (Å²) in [4.78, 5) is 35.5. The van der Waals surface area contributed by atoms with E-state index in [1.807, 2.05) is 74.7 Å². The summed E-state index contributed by atoms with van der Waals surface area (Å²) in [6.07, 6.45) is 1.27. The van der Waals surface area contributed by atoms with E-state index in [-0.39, 0.29) is 6.54 Å². The van der Waals surface area contributed by atoms with Crippen LogP contribution in [-0.2, 0) is 17.8 Å². The molecule has 192 valence electrons. The van der Waals surface area contributed by atoms with Crippen LogP contribution in [0.3, 0.4) is 0 Å². The highest BCUT2D eigenvalue weighted by molar-refractivity contribution is 6.06. The van der Waals surface area contributed by atoms with E-state index in [2.05, 4.69) is 10.3 Å². The third-order valence-electron chi connectivity index (χ3n) is 5.76. The molecular weight excluding hydrogens is 468 g/mol. The minimum atomic E-state index is -0.600. The van der Waals surface area contributed by atoms with Crippen LogP contribution in [0.4, 0.5) is 10.6 Å². The average Bonchev–Trinajstić information content (AvgIpc) is 3.18. The smallest absolute Gasteiger partial charge is 0.410 e. The van der Waals surface area contributed by atoms with E-state index in [9.17, 15) is 9.59 Å². The topological polar surface area (TPSA) is 115 Å². The normalized spacial score (nSPS) is 11.4. The fourth-order valence-electron chi connectivity index (χ4n) is 4.06. The number of aromatic nitrogens is 3. The molecule has 2 aromatic carbocycles. The lowest BCUT2D eigenvalue weighted by molar-refractivity contribution is 0.0285. The van der Waals surface area contributed by atoms with Gasteiger partial charge in [0, 0.05) is 42.0 Å². The molecule has 9 heteroatoms. The maximum atomic E-state index is 12.6. The third-order valence-corrected chi connectivity index (χ3v) is 5.76. The fourth-order valence-corrected chi connectivity index (χ4v) is 4.06. The van der Waals surface area contributed by atoms with Crippen molar-refractivity contribution in [2.75, 3.05) is 12.4 Å². The van der Waals surface area contributed by atoms with Gasteiger partial charge in [0.2, 0.25) is 11.9 Å². The number of ether oxygens (including phenoxy) is 1. The average molecular weight is 501 g/mol. The number of primary amides is 1. The van der Waals surface area contributed by atoms with Crippen molar-refractivity contribution in [1.29, 1.82) is 0 Å². The SMILES string of the molecule is Cc1cc2c(C(N)=O)cccc2n1-c1ncc(CN(C)C(=O)OC(C)(C)C)c(NCc2ccccc2)n1. The zero-order valence-electron chi connectivity index (χ0n) is 21.8. The lowest BCUT2D eigenvalue weighted by Crippen LogP contribution is -2.34. The Morgan fingerprint density at radius 3 is 2.51 bits per heavy atom. The molecule has 37 heavy (non-hydrogen) atoms. The van der Waals surface area contributed by atoms with Gasteiger partial charge in [-0.05, 0) is 51.5 Å². The Balaban J connectivity index is 1.73. The summed E-state index contributed by atoms with van der Waals surface area (Å²) in [6, 6.07) is 17.3. The monoisotopic (exact) mass is 500 g/mol. The summed E-state index contributed by atoms with van der Waals surface area (Å²) in [7, 11) is 1.68. The number of rotatable bonds is 7. The van der Waals surface area contributed by atoms with Crippen molar-refractivity contribution < 1.29 is 14.3 Å². The molecule has 3 N–H and O–H groups in total. The summed E-state index contributed by atoms with van der Waals surface area (Å²) in [5.74, 6) is 0.541. The number of nitrogens with zero attached hydrogens (tertiary/aromatic N) is 4. The predicted molar refractivity (Wildman–Crippen MR) is 144 cm³/mol. The standard InChI is InChI=1S/C28H32N6O3/c1-18-14-22-21(24(29)35)12-9-13-23(22)34(18)26-31-16-20(17-33(5)27(36)37-28(2,3)4)25(32-26)30-15-19-10-7-6-8-11-19/h6-14,16H,15,17H2,1-5H3,(H2,29,35)(H,30,31,32). The van der Waals surface area contributed by atoms with Crippen molar-refractivity contribution in [3.63, 3.8) is 0 Å². The van der Waals surface area contributed by atoms with Crippen molar-refractivity contribution in [3.05, 3.63) is 83.2 Å². The van der Waals surface area contributed by atoms with E-state index in [4.69, 9.17) is 15.5 Å². The van der Waals surface area contributed by atoms with Gasteiger partial charge in [-0.15, -0.1) is 0 Å². The van der Waals surface area contributed by atoms with Crippen LogP contribution in [0.2, 0.25) is 0 Å². The molecule has 2 aromatic heterocycles. The number of hydrogen-bond donors (Lipinski definition) is 2. The zero-order valence-corrected chi connectivity index (χ0v) is 21.8. The molecule has 4 aromatic rings. The van der Waals surface area contributed by atoms with Gasteiger partial charge in [0.1, 0.15) is 11.4 Å². The number of nitrogens with two attached hydrogens (primary N) is 1. The number of fused-ring (bicyclic) bond motifs is 1. The van der Waals surface area contributed by atoms with Crippen molar-refractivity contribution in [1.82, 2.24) is 19.4 Å². The molecular formula is C28H32N6O3. The first-order valence-electron chi connectivity index (χ1n) is 12.0. The highest BCUT2D eigenvalue weighted by atomic mass is 16.6. The van der Waals surface area contributed by atoms with Crippen molar-refractivity contribution in [3.8, 4) is 5.95 Å².